The van der Waals surface area contributed by atoms with Crippen molar-refractivity contribution in [3.05, 3.63) is 70.9 Å². The molecule has 0 unspecified atom stereocenters. The van der Waals surface area contributed by atoms with Crippen molar-refractivity contribution in [2.24, 2.45) is 7.05 Å². The monoisotopic (exact) mass is 354 g/mol. The largest absolute Gasteiger partial charge is 0.356 e. The number of nitrogens with zero attached hydrogens (tertiary/aromatic N) is 1. The zero-order chi connectivity index (χ0) is 17.8. The fourth-order valence-corrected chi connectivity index (χ4v) is 3.40. The molecule has 3 rings (SSSR count). The van der Waals surface area contributed by atoms with Crippen LogP contribution in [0.25, 0.3) is 10.9 Å². The zero-order valence-corrected chi connectivity index (χ0v) is 15.4. The number of benzene rings is 2. The Labute approximate surface area is 153 Å². The highest BCUT2D eigenvalue weighted by atomic mass is 35.5. The summed E-state index contributed by atoms with van der Waals surface area (Å²) >= 11 is 6.05. The molecule has 4 heteroatoms. The molecule has 0 radical (unpaired) electrons. The van der Waals surface area contributed by atoms with Crippen molar-refractivity contribution in [3.8, 4) is 0 Å². The second-order valence-corrected chi connectivity index (χ2v) is 6.81. The highest BCUT2D eigenvalue weighted by molar-refractivity contribution is 6.30. The molecule has 130 valence electrons. The molecular weight excluding hydrogens is 332 g/mol. The Kier molecular flexibility index (Phi) is 5.44. The molecule has 0 fully saturated rings. The van der Waals surface area contributed by atoms with Gasteiger partial charge in [-0.15, -0.1) is 0 Å². The fourth-order valence-electron chi connectivity index (χ4n) is 3.28. The summed E-state index contributed by atoms with van der Waals surface area (Å²) in [5.41, 5.74) is 3.45. The van der Waals surface area contributed by atoms with Crippen molar-refractivity contribution < 1.29 is 4.79 Å². The minimum Gasteiger partial charge on any atom is -0.356 e. The van der Waals surface area contributed by atoms with Crippen molar-refractivity contribution >= 4 is 28.4 Å². The first kappa shape index (κ1) is 17.6. The van der Waals surface area contributed by atoms with Gasteiger partial charge in [0.05, 0.1) is 0 Å². The lowest BCUT2D eigenvalue weighted by molar-refractivity contribution is -0.121. The summed E-state index contributed by atoms with van der Waals surface area (Å²) in [4.78, 5) is 12.4. The Morgan fingerprint density at radius 2 is 1.88 bits per heavy atom. The van der Waals surface area contributed by atoms with Gasteiger partial charge in [0.1, 0.15) is 0 Å². The first-order valence-electron chi connectivity index (χ1n) is 8.66. The number of amides is 1. The van der Waals surface area contributed by atoms with Gasteiger partial charge in [0, 0.05) is 48.1 Å². The standard InChI is InChI=1S/C21H23ClN2O/c1-3-12-23-21(25)13-18(15-8-10-16(22)11-9-15)19-14-24(2)20-7-5-4-6-17(19)20/h4-11,14,18H,3,12-13H2,1-2H3,(H,23,25)/t18-/m0/s1. The van der Waals surface area contributed by atoms with Crippen LogP contribution in [0.2, 0.25) is 5.02 Å². The van der Waals surface area contributed by atoms with E-state index in [4.69, 9.17) is 11.6 Å². The van der Waals surface area contributed by atoms with E-state index >= 15 is 0 Å². The van der Waals surface area contributed by atoms with E-state index in [0.29, 0.717) is 18.0 Å². The number of aromatic nitrogens is 1. The molecule has 1 heterocycles. The van der Waals surface area contributed by atoms with Crippen LogP contribution in [0.5, 0.6) is 0 Å². The SMILES string of the molecule is CCCNC(=O)C[C@@H](c1ccc(Cl)cc1)c1cn(C)c2ccccc12. The number of carbonyl (C=O) groups is 1. The van der Waals surface area contributed by atoms with Crippen LogP contribution in [0.4, 0.5) is 0 Å². The Hall–Kier alpha value is -2.26. The van der Waals surface area contributed by atoms with Gasteiger partial charge in [-0.3, -0.25) is 4.79 Å². The maximum atomic E-state index is 12.4. The third-order valence-corrected chi connectivity index (χ3v) is 4.79. The zero-order valence-electron chi connectivity index (χ0n) is 14.6. The molecule has 0 bridgehead atoms. The Morgan fingerprint density at radius 3 is 2.60 bits per heavy atom. The summed E-state index contributed by atoms with van der Waals surface area (Å²) in [6, 6.07) is 16.1. The fraction of sp³-hybridized carbons (Fsp3) is 0.286. The number of nitrogens with one attached hydrogen (secondary N) is 1. The second-order valence-electron chi connectivity index (χ2n) is 6.37. The third kappa shape index (κ3) is 3.88. The molecule has 1 N–H and O–H groups in total. The van der Waals surface area contributed by atoms with E-state index in [9.17, 15) is 4.79 Å². The van der Waals surface area contributed by atoms with Gasteiger partial charge in [0.15, 0.2) is 0 Å². The van der Waals surface area contributed by atoms with Gasteiger partial charge in [-0.1, -0.05) is 48.9 Å². The molecule has 0 saturated heterocycles. The summed E-state index contributed by atoms with van der Waals surface area (Å²) in [7, 11) is 2.04. The molecular formula is C21H23ClN2O. The second kappa shape index (κ2) is 7.75. The molecule has 1 amide bonds. The van der Waals surface area contributed by atoms with Crippen LogP contribution in [0.3, 0.4) is 0 Å². The maximum absolute atomic E-state index is 12.4. The molecule has 0 aliphatic carbocycles. The van der Waals surface area contributed by atoms with Gasteiger partial charge in [-0.05, 0) is 35.7 Å². The first-order valence-corrected chi connectivity index (χ1v) is 9.04. The Balaban J connectivity index is 2.03. The Morgan fingerprint density at radius 1 is 1.16 bits per heavy atom. The van der Waals surface area contributed by atoms with Crippen LogP contribution in [-0.2, 0) is 11.8 Å². The van der Waals surface area contributed by atoms with E-state index in [2.05, 4.69) is 35.1 Å². The number of fused-ring (bicyclic) bond motifs is 1. The van der Waals surface area contributed by atoms with E-state index in [1.54, 1.807) is 0 Å². The van der Waals surface area contributed by atoms with Crippen LogP contribution in [0.15, 0.2) is 54.7 Å². The summed E-state index contributed by atoms with van der Waals surface area (Å²) in [5.74, 6) is 0.0787. The van der Waals surface area contributed by atoms with Gasteiger partial charge < -0.3 is 9.88 Å². The van der Waals surface area contributed by atoms with Crippen molar-refractivity contribution in [3.63, 3.8) is 0 Å². The van der Waals surface area contributed by atoms with Crippen LogP contribution in [0, 0.1) is 0 Å². The number of rotatable bonds is 6. The number of carbonyl (C=O) groups excluding carboxylic acids is 1. The minimum atomic E-state index is 0.000206. The van der Waals surface area contributed by atoms with E-state index in [1.807, 2.05) is 43.4 Å². The average molecular weight is 355 g/mol. The normalized spacial score (nSPS) is 12.3. The summed E-state index contributed by atoms with van der Waals surface area (Å²) < 4.78 is 2.12. The van der Waals surface area contributed by atoms with Crippen molar-refractivity contribution in [1.29, 1.82) is 0 Å². The molecule has 0 saturated carbocycles. The predicted molar refractivity (Wildman–Crippen MR) is 104 cm³/mol. The lowest BCUT2D eigenvalue weighted by Crippen LogP contribution is -2.26. The van der Waals surface area contributed by atoms with E-state index in [-0.39, 0.29) is 11.8 Å². The highest BCUT2D eigenvalue weighted by Gasteiger charge is 2.22. The van der Waals surface area contributed by atoms with Crippen LogP contribution in [0.1, 0.15) is 36.8 Å². The number of para-hydroxylation sites is 1. The lowest BCUT2D eigenvalue weighted by Gasteiger charge is -2.17. The maximum Gasteiger partial charge on any atom is 0.220 e. The molecule has 3 aromatic rings. The molecule has 2 aromatic carbocycles. The van der Waals surface area contributed by atoms with Crippen molar-refractivity contribution in [2.45, 2.75) is 25.7 Å². The molecule has 25 heavy (non-hydrogen) atoms. The van der Waals surface area contributed by atoms with Crippen LogP contribution < -0.4 is 5.32 Å². The summed E-state index contributed by atoms with van der Waals surface area (Å²) in [6.07, 6.45) is 3.50. The number of hydrogen-bond donors (Lipinski definition) is 1. The quantitative estimate of drug-likeness (QED) is 0.672. The van der Waals surface area contributed by atoms with Gasteiger partial charge in [-0.25, -0.2) is 0 Å². The van der Waals surface area contributed by atoms with Crippen molar-refractivity contribution in [2.75, 3.05) is 6.54 Å². The number of aryl methyl sites for hydroxylation is 1. The summed E-state index contributed by atoms with van der Waals surface area (Å²) in [6.45, 7) is 2.77. The van der Waals surface area contributed by atoms with E-state index in [1.165, 1.54) is 16.5 Å². The first-order chi connectivity index (χ1) is 12.1. The topological polar surface area (TPSA) is 34.0 Å². The molecule has 3 nitrogen and oxygen atoms in total. The Bertz CT molecular complexity index is 867. The lowest BCUT2D eigenvalue weighted by atomic mass is 9.88. The van der Waals surface area contributed by atoms with Crippen molar-refractivity contribution in [1.82, 2.24) is 9.88 Å². The molecule has 0 aliphatic rings. The number of hydrogen-bond acceptors (Lipinski definition) is 1. The van der Waals surface area contributed by atoms with Crippen LogP contribution >= 0.6 is 11.6 Å². The highest BCUT2D eigenvalue weighted by Crippen LogP contribution is 2.34. The molecule has 0 aliphatic heterocycles. The molecule has 1 atom stereocenters. The third-order valence-electron chi connectivity index (χ3n) is 4.54. The molecule has 0 spiro atoms. The van der Waals surface area contributed by atoms with Gasteiger partial charge >= 0.3 is 0 Å². The van der Waals surface area contributed by atoms with Gasteiger partial charge in [-0.2, -0.15) is 0 Å². The smallest absolute Gasteiger partial charge is 0.220 e. The average Bonchev–Trinajstić information content (AvgIpc) is 2.96. The molecule has 1 aromatic heterocycles. The van der Waals surface area contributed by atoms with Gasteiger partial charge in [0.2, 0.25) is 5.91 Å². The van der Waals surface area contributed by atoms with Gasteiger partial charge in [0.25, 0.3) is 0 Å². The van der Waals surface area contributed by atoms with Crippen LogP contribution in [-0.4, -0.2) is 17.0 Å². The number of halogens is 1. The summed E-state index contributed by atoms with van der Waals surface area (Å²) in [5, 5.41) is 4.89. The van der Waals surface area contributed by atoms with E-state index < -0.39 is 0 Å². The predicted octanol–water partition coefficient (Wildman–Crippen LogP) is 4.88. The minimum absolute atomic E-state index is 0.000206. The van der Waals surface area contributed by atoms with E-state index in [0.717, 1.165) is 12.0 Å².